The molecule has 0 amide bonds. The number of aryl methyl sites for hydroxylation is 1. The molecule has 0 saturated heterocycles. The molecule has 1 atom stereocenters. The van der Waals surface area contributed by atoms with Gasteiger partial charge in [-0.2, -0.15) is 0 Å². The maximum Gasteiger partial charge on any atom is 0.133 e. The number of hydrogen-bond donors (Lipinski definition) is 1. The van der Waals surface area contributed by atoms with Crippen molar-refractivity contribution < 1.29 is 4.39 Å². The van der Waals surface area contributed by atoms with Crippen LogP contribution in [-0.2, 0) is 0 Å². The maximum atomic E-state index is 13.7. The second-order valence-corrected chi connectivity index (χ2v) is 5.35. The second kappa shape index (κ2) is 4.72. The zero-order valence-corrected chi connectivity index (χ0v) is 11.1. The van der Waals surface area contributed by atoms with Crippen LogP contribution in [0.15, 0.2) is 18.2 Å². The molecule has 1 heterocycles. The summed E-state index contributed by atoms with van der Waals surface area (Å²) in [6.07, 6.45) is 0. The van der Waals surface area contributed by atoms with Gasteiger partial charge >= 0.3 is 0 Å². The fourth-order valence-corrected chi connectivity index (χ4v) is 2.82. The van der Waals surface area contributed by atoms with Gasteiger partial charge in [0.1, 0.15) is 10.8 Å². The van der Waals surface area contributed by atoms with E-state index in [-0.39, 0.29) is 11.9 Å². The SMILES string of the molecule is Cc1nc(-c2cc(Cl)ccc2F)sc1C(C)N. The summed E-state index contributed by atoms with van der Waals surface area (Å²) in [5.41, 5.74) is 7.10. The molecule has 1 unspecified atom stereocenters. The zero-order valence-electron chi connectivity index (χ0n) is 9.50. The Balaban J connectivity index is 2.53. The first-order valence-corrected chi connectivity index (χ1v) is 6.37. The number of thiazole rings is 1. The van der Waals surface area contributed by atoms with Gasteiger partial charge in [-0.05, 0) is 32.0 Å². The van der Waals surface area contributed by atoms with E-state index in [0.717, 1.165) is 10.6 Å². The lowest BCUT2D eigenvalue weighted by Gasteiger charge is -2.00. The maximum absolute atomic E-state index is 13.7. The lowest BCUT2D eigenvalue weighted by molar-refractivity contribution is 0.631. The van der Waals surface area contributed by atoms with Gasteiger partial charge in [-0.25, -0.2) is 9.37 Å². The van der Waals surface area contributed by atoms with E-state index in [9.17, 15) is 4.39 Å². The summed E-state index contributed by atoms with van der Waals surface area (Å²) >= 11 is 7.27. The molecular weight excluding hydrogens is 259 g/mol. The molecule has 0 bridgehead atoms. The smallest absolute Gasteiger partial charge is 0.133 e. The normalized spacial score (nSPS) is 12.8. The number of benzene rings is 1. The topological polar surface area (TPSA) is 38.9 Å². The molecule has 1 aromatic heterocycles. The van der Waals surface area contributed by atoms with Gasteiger partial charge in [0.05, 0.1) is 5.69 Å². The third kappa shape index (κ3) is 2.49. The molecule has 0 aliphatic rings. The lowest BCUT2D eigenvalue weighted by Crippen LogP contribution is -2.03. The first-order chi connectivity index (χ1) is 7.99. The van der Waals surface area contributed by atoms with E-state index >= 15 is 0 Å². The summed E-state index contributed by atoms with van der Waals surface area (Å²) in [7, 11) is 0. The monoisotopic (exact) mass is 270 g/mol. The predicted molar refractivity (Wildman–Crippen MR) is 69.9 cm³/mol. The molecule has 5 heteroatoms. The van der Waals surface area contributed by atoms with Crippen molar-refractivity contribution in [3.05, 3.63) is 39.6 Å². The molecule has 0 spiro atoms. The van der Waals surface area contributed by atoms with Crippen molar-refractivity contribution in [2.75, 3.05) is 0 Å². The third-order valence-electron chi connectivity index (χ3n) is 2.40. The van der Waals surface area contributed by atoms with Crippen molar-refractivity contribution in [2.24, 2.45) is 5.73 Å². The van der Waals surface area contributed by atoms with Gasteiger partial charge in [0.25, 0.3) is 0 Å². The Labute approximate surface area is 108 Å². The van der Waals surface area contributed by atoms with Gasteiger partial charge < -0.3 is 5.73 Å². The first kappa shape index (κ1) is 12.5. The highest BCUT2D eigenvalue weighted by molar-refractivity contribution is 7.15. The molecule has 0 aliphatic carbocycles. The minimum Gasteiger partial charge on any atom is -0.323 e. The third-order valence-corrected chi connectivity index (χ3v) is 4.03. The molecule has 90 valence electrons. The van der Waals surface area contributed by atoms with Gasteiger partial charge in [-0.15, -0.1) is 11.3 Å². The molecule has 2 rings (SSSR count). The summed E-state index contributed by atoms with van der Waals surface area (Å²) < 4.78 is 13.7. The van der Waals surface area contributed by atoms with Gasteiger partial charge in [-0.3, -0.25) is 0 Å². The Hall–Kier alpha value is -0.970. The van der Waals surface area contributed by atoms with E-state index < -0.39 is 0 Å². The zero-order chi connectivity index (χ0) is 12.6. The van der Waals surface area contributed by atoms with Crippen LogP contribution < -0.4 is 5.73 Å². The van der Waals surface area contributed by atoms with Crippen LogP contribution in [0.1, 0.15) is 23.5 Å². The molecular formula is C12H12ClFN2S. The summed E-state index contributed by atoms with van der Waals surface area (Å²) in [5.74, 6) is -0.320. The van der Waals surface area contributed by atoms with Crippen LogP contribution in [0.5, 0.6) is 0 Å². The number of halogens is 2. The molecule has 0 radical (unpaired) electrons. The Morgan fingerprint density at radius 2 is 2.18 bits per heavy atom. The lowest BCUT2D eigenvalue weighted by atomic mass is 10.2. The van der Waals surface area contributed by atoms with Crippen molar-refractivity contribution >= 4 is 22.9 Å². The summed E-state index contributed by atoms with van der Waals surface area (Å²) in [6.45, 7) is 3.76. The Kier molecular flexibility index (Phi) is 3.47. The largest absolute Gasteiger partial charge is 0.323 e. The Morgan fingerprint density at radius 3 is 2.76 bits per heavy atom. The van der Waals surface area contributed by atoms with Crippen molar-refractivity contribution in [1.29, 1.82) is 0 Å². The van der Waals surface area contributed by atoms with E-state index in [4.69, 9.17) is 17.3 Å². The summed E-state index contributed by atoms with van der Waals surface area (Å²) in [4.78, 5) is 5.32. The number of hydrogen-bond acceptors (Lipinski definition) is 3. The van der Waals surface area contributed by atoms with Gasteiger partial charge in [-0.1, -0.05) is 11.6 Å². The number of nitrogens with zero attached hydrogens (tertiary/aromatic N) is 1. The number of nitrogens with two attached hydrogens (primary N) is 1. The van der Waals surface area contributed by atoms with Crippen molar-refractivity contribution in [2.45, 2.75) is 19.9 Å². The highest BCUT2D eigenvalue weighted by atomic mass is 35.5. The van der Waals surface area contributed by atoms with Crippen molar-refractivity contribution in [1.82, 2.24) is 4.98 Å². The van der Waals surface area contributed by atoms with E-state index in [1.165, 1.54) is 23.5 Å². The van der Waals surface area contributed by atoms with Crippen LogP contribution in [0, 0.1) is 12.7 Å². The minimum atomic E-state index is -0.320. The summed E-state index contributed by atoms with van der Waals surface area (Å²) in [6, 6.07) is 4.36. The van der Waals surface area contributed by atoms with Gasteiger partial charge in [0, 0.05) is 21.5 Å². The van der Waals surface area contributed by atoms with Crippen LogP contribution in [0.2, 0.25) is 5.02 Å². The minimum absolute atomic E-state index is 0.0940. The molecule has 0 saturated carbocycles. The Bertz CT molecular complexity index is 551. The average molecular weight is 271 g/mol. The van der Waals surface area contributed by atoms with Crippen LogP contribution in [0.3, 0.4) is 0 Å². The number of rotatable bonds is 2. The fraction of sp³-hybridized carbons (Fsp3) is 0.250. The fourth-order valence-electron chi connectivity index (χ4n) is 1.61. The molecule has 2 nitrogen and oxygen atoms in total. The van der Waals surface area contributed by atoms with Crippen molar-refractivity contribution in [3.8, 4) is 10.6 Å². The van der Waals surface area contributed by atoms with E-state index in [1.807, 2.05) is 13.8 Å². The molecule has 0 fully saturated rings. The van der Waals surface area contributed by atoms with Crippen LogP contribution in [-0.4, -0.2) is 4.98 Å². The van der Waals surface area contributed by atoms with Crippen LogP contribution in [0.4, 0.5) is 4.39 Å². The van der Waals surface area contributed by atoms with E-state index in [0.29, 0.717) is 15.6 Å². The van der Waals surface area contributed by atoms with Crippen molar-refractivity contribution in [3.63, 3.8) is 0 Å². The van der Waals surface area contributed by atoms with Gasteiger partial charge in [0.2, 0.25) is 0 Å². The van der Waals surface area contributed by atoms with Crippen LogP contribution >= 0.6 is 22.9 Å². The average Bonchev–Trinajstić information content (AvgIpc) is 2.64. The first-order valence-electron chi connectivity index (χ1n) is 5.17. The number of aromatic nitrogens is 1. The quantitative estimate of drug-likeness (QED) is 0.898. The molecule has 17 heavy (non-hydrogen) atoms. The second-order valence-electron chi connectivity index (χ2n) is 3.88. The summed E-state index contributed by atoms with van der Waals surface area (Å²) in [5, 5.41) is 1.12. The van der Waals surface area contributed by atoms with Crippen LogP contribution in [0.25, 0.3) is 10.6 Å². The highest BCUT2D eigenvalue weighted by Gasteiger charge is 2.15. The predicted octanol–water partition coefficient (Wildman–Crippen LogP) is 3.93. The standard InChI is InChI=1S/C12H12ClFN2S/c1-6(15)11-7(2)16-12(17-11)9-5-8(13)3-4-10(9)14/h3-6H,15H2,1-2H3. The molecule has 0 aliphatic heterocycles. The van der Waals surface area contributed by atoms with E-state index in [2.05, 4.69) is 4.98 Å². The molecule has 1 aromatic carbocycles. The Morgan fingerprint density at radius 1 is 1.47 bits per heavy atom. The molecule has 2 aromatic rings. The highest BCUT2D eigenvalue weighted by Crippen LogP contribution is 2.33. The molecule has 2 N–H and O–H groups in total. The van der Waals surface area contributed by atoms with E-state index in [1.54, 1.807) is 6.07 Å². The van der Waals surface area contributed by atoms with Gasteiger partial charge in [0.15, 0.2) is 0 Å².